The lowest BCUT2D eigenvalue weighted by molar-refractivity contribution is -0.143. The third kappa shape index (κ3) is 8.94. The molecule has 1 aromatic rings. The van der Waals surface area contributed by atoms with Crippen molar-refractivity contribution in [2.45, 2.75) is 45.7 Å². The number of ether oxygens (including phenoxy) is 2. The zero-order valence-electron chi connectivity index (χ0n) is 23.8. The van der Waals surface area contributed by atoms with Crippen LogP contribution in [0.15, 0.2) is 24.3 Å². The van der Waals surface area contributed by atoms with E-state index >= 15 is 0 Å². The topological polar surface area (TPSA) is 138 Å². The first kappa shape index (κ1) is 30.9. The summed E-state index contributed by atoms with van der Waals surface area (Å²) in [6.45, 7) is 6.72. The van der Waals surface area contributed by atoms with Crippen LogP contribution in [0.3, 0.4) is 0 Å². The predicted molar refractivity (Wildman–Crippen MR) is 146 cm³/mol. The molecule has 0 aromatic heterocycles. The summed E-state index contributed by atoms with van der Waals surface area (Å²) in [5, 5.41) is 5.60. The number of carbonyl (C=O) groups is 5. The number of fused-ring (bicyclic) bond motifs is 13. The van der Waals surface area contributed by atoms with Crippen molar-refractivity contribution in [3.63, 3.8) is 0 Å². The van der Waals surface area contributed by atoms with Gasteiger partial charge in [0.05, 0.1) is 13.2 Å². The molecule has 0 saturated carbocycles. The van der Waals surface area contributed by atoms with Gasteiger partial charge in [0.15, 0.2) is 6.61 Å². The highest BCUT2D eigenvalue weighted by Gasteiger charge is 2.32. The summed E-state index contributed by atoms with van der Waals surface area (Å²) in [6.07, 6.45) is 0.595. The third-order valence-electron chi connectivity index (χ3n) is 6.95. The van der Waals surface area contributed by atoms with Gasteiger partial charge in [0.25, 0.3) is 5.91 Å². The van der Waals surface area contributed by atoms with E-state index in [1.54, 1.807) is 34.1 Å². The predicted octanol–water partition coefficient (Wildman–Crippen LogP) is -0.197. The molecular formula is C28H41N5O7. The molecule has 2 atom stereocenters. The first-order valence-corrected chi connectivity index (χ1v) is 13.7. The Balaban J connectivity index is 1.88. The van der Waals surface area contributed by atoms with E-state index in [2.05, 4.69) is 10.6 Å². The molecule has 5 amide bonds. The van der Waals surface area contributed by atoms with Crippen LogP contribution in [0.4, 0.5) is 0 Å². The van der Waals surface area contributed by atoms with Crippen LogP contribution in [0.25, 0.3) is 0 Å². The van der Waals surface area contributed by atoms with Crippen LogP contribution >= 0.6 is 0 Å². The molecule has 3 aliphatic heterocycles. The average molecular weight is 560 g/mol. The third-order valence-corrected chi connectivity index (χ3v) is 6.95. The molecule has 3 heterocycles. The van der Waals surface area contributed by atoms with Crippen LogP contribution in [0.5, 0.6) is 5.75 Å². The molecule has 12 heteroatoms. The van der Waals surface area contributed by atoms with Crippen LogP contribution in [0, 0.1) is 5.92 Å². The van der Waals surface area contributed by atoms with Crippen molar-refractivity contribution in [2.24, 2.45) is 5.92 Å². The molecule has 12 nitrogen and oxygen atoms in total. The van der Waals surface area contributed by atoms with Gasteiger partial charge in [0.1, 0.15) is 17.8 Å². The zero-order chi connectivity index (χ0) is 29.2. The monoisotopic (exact) mass is 559 g/mol. The number of methoxy groups -OCH3 is 1. The van der Waals surface area contributed by atoms with E-state index in [4.69, 9.17) is 9.47 Å². The molecular weight excluding hydrogens is 518 g/mol. The second kappa shape index (κ2) is 14.6. The van der Waals surface area contributed by atoms with Gasteiger partial charge in [-0.25, -0.2) is 0 Å². The van der Waals surface area contributed by atoms with Crippen molar-refractivity contribution in [3.05, 3.63) is 29.8 Å². The minimum atomic E-state index is -0.874. The van der Waals surface area contributed by atoms with Crippen molar-refractivity contribution in [1.29, 1.82) is 0 Å². The van der Waals surface area contributed by atoms with E-state index < -0.39 is 29.8 Å². The van der Waals surface area contributed by atoms with Crippen molar-refractivity contribution < 1.29 is 33.4 Å². The number of rotatable bonds is 6. The van der Waals surface area contributed by atoms with Gasteiger partial charge in [-0.15, -0.1) is 0 Å². The van der Waals surface area contributed by atoms with E-state index in [1.165, 1.54) is 18.9 Å². The summed E-state index contributed by atoms with van der Waals surface area (Å²) in [7, 11) is 1.50. The summed E-state index contributed by atoms with van der Waals surface area (Å²) in [5.74, 6) is -1.08. The molecule has 0 spiro atoms. The molecule has 220 valence electrons. The largest absolute Gasteiger partial charge is 0.484 e. The van der Waals surface area contributed by atoms with Crippen LogP contribution in [0.2, 0.25) is 0 Å². The Morgan fingerprint density at radius 3 is 2.25 bits per heavy atom. The average Bonchev–Trinajstić information content (AvgIpc) is 2.92. The van der Waals surface area contributed by atoms with Gasteiger partial charge in [-0.05, 0) is 30.0 Å². The van der Waals surface area contributed by atoms with Gasteiger partial charge in [-0.1, -0.05) is 26.0 Å². The van der Waals surface area contributed by atoms with E-state index in [9.17, 15) is 24.0 Å². The number of nitrogens with one attached hydrogen (secondary N) is 2. The van der Waals surface area contributed by atoms with Crippen LogP contribution in [-0.2, 0) is 35.1 Å². The molecule has 1 fully saturated rings. The lowest BCUT2D eigenvalue weighted by atomic mass is 10.0. The molecule has 1 saturated heterocycles. The number of piperazine rings is 1. The molecule has 0 radical (unpaired) electrons. The summed E-state index contributed by atoms with van der Waals surface area (Å²) in [4.78, 5) is 69.5. The van der Waals surface area contributed by atoms with Gasteiger partial charge in [0, 0.05) is 53.2 Å². The summed E-state index contributed by atoms with van der Waals surface area (Å²) >= 11 is 0. The quantitative estimate of drug-likeness (QED) is 0.461. The van der Waals surface area contributed by atoms with Crippen molar-refractivity contribution in [1.82, 2.24) is 25.3 Å². The number of hydrogen-bond donors (Lipinski definition) is 2. The Hall–Kier alpha value is -3.67. The van der Waals surface area contributed by atoms with E-state index in [1.807, 2.05) is 13.8 Å². The van der Waals surface area contributed by atoms with Crippen molar-refractivity contribution in [3.8, 4) is 5.75 Å². The normalized spacial score (nSPS) is 21.2. The molecule has 4 rings (SSSR count). The molecule has 1 aromatic carbocycles. The van der Waals surface area contributed by atoms with Gasteiger partial charge >= 0.3 is 0 Å². The smallest absolute Gasteiger partial charge is 0.258 e. The zero-order valence-corrected chi connectivity index (χ0v) is 23.8. The van der Waals surface area contributed by atoms with Gasteiger partial charge in [0.2, 0.25) is 23.6 Å². The maximum Gasteiger partial charge on any atom is 0.258 e. The van der Waals surface area contributed by atoms with Crippen LogP contribution in [0.1, 0.15) is 32.8 Å². The minimum absolute atomic E-state index is 0.0415. The number of benzene rings is 1. The number of amides is 5. The van der Waals surface area contributed by atoms with E-state index in [0.29, 0.717) is 38.3 Å². The Kier molecular flexibility index (Phi) is 11.3. The first-order valence-electron chi connectivity index (χ1n) is 13.7. The Bertz CT molecular complexity index is 1050. The maximum absolute atomic E-state index is 13.6. The number of carbonyl (C=O) groups excluding carboxylic acids is 5. The van der Waals surface area contributed by atoms with Gasteiger partial charge in [-0.2, -0.15) is 0 Å². The Morgan fingerprint density at radius 1 is 1.00 bits per heavy atom. The molecule has 3 aliphatic rings. The first-order chi connectivity index (χ1) is 19.1. The highest BCUT2D eigenvalue weighted by Crippen LogP contribution is 2.16. The van der Waals surface area contributed by atoms with Crippen molar-refractivity contribution >= 4 is 29.5 Å². The number of hydrogen-bond acceptors (Lipinski definition) is 7. The lowest BCUT2D eigenvalue weighted by Crippen LogP contribution is -2.58. The van der Waals surface area contributed by atoms with Crippen LogP contribution < -0.4 is 15.4 Å². The molecule has 2 bridgehead atoms. The second-order valence-corrected chi connectivity index (χ2v) is 10.6. The molecule has 2 N–H and O–H groups in total. The van der Waals surface area contributed by atoms with E-state index in [0.717, 1.165) is 5.56 Å². The fourth-order valence-corrected chi connectivity index (χ4v) is 4.80. The van der Waals surface area contributed by atoms with Gasteiger partial charge in [-0.3, -0.25) is 24.0 Å². The van der Waals surface area contributed by atoms with Gasteiger partial charge < -0.3 is 34.8 Å². The van der Waals surface area contributed by atoms with E-state index in [-0.39, 0.29) is 50.5 Å². The second-order valence-electron chi connectivity index (χ2n) is 10.6. The lowest BCUT2D eigenvalue weighted by Gasteiger charge is -2.36. The summed E-state index contributed by atoms with van der Waals surface area (Å²) < 4.78 is 10.8. The fraction of sp³-hybridized carbons (Fsp3) is 0.607. The Labute approximate surface area is 235 Å². The standard InChI is InChI=1S/C28H41N5O7/c1-19(2)15-23-28(38)33(13-14-39-4)17-25(35)29-24(27(37)32-11-9-31(10-12-32)20(3)34)16-21-5-7-22(8-6-21)40-18-26(36)30-23/h5-8,19,23-24H,9-18H2,1-4H3,(H,29,35)(H,30,36)/t23-,24+/m0/s1. The molecule has 0 unspecified atom stereocenters. The highest BCUT2D eigenvalue weighted by atomic mass is 16.5. The maximum atomic E-state index is 13.6. The SMILES string of the molecule is COCCN1CC(=O)N[C@@H](C(=O)N2CCN(C(C)=O)CC2)Cc2ccc(cc2)OCC(=O)N[C@@H](CC(C)C)C1=O. The molecule has 0 aliphatic carbocycles. The fourth-order valence-electron chi connectivity index (χ4n) is 4.80. The number of nitrogens with zero attached hydrogens (tertiary/aromatic N) is 3. The molecule has 40 heavy (non-hydrogen) atoms. The van der Waals surface area contributed by atoms with Crippen LogP contribution in [-0.4, -0.2) is 116 Å². The minimum Gasteiger partial charge on any atom is -0.484 e. The highest BCUT2D eigenvalue weighted by molar-refractivity contribution is 5.93. The Morgan fingerprint density at radius 2 is 1.65 bits per heavy atom. The summed E-state index contributed by atoms with van der Waals surface area (Å²) in [5.41, 5.74) is 0.786. The van der Waals surface area contributed by atoms with Crippen molar-refractivity contribution in [2.75, 3.05) is 59.6 Å². The summed E-state index contributed by atoms with van der Waals surface area (Å²) in [6, 6.07) is 5.25.